The fourth-order valence-corrected chi connectivity index (χ4v) is 3.33. The number of hydrogen-bond donors (Lipinski definition) is 1. The summed E-state index contributed by atoms with van der Waals surface area (Å²) in [5, 5.41) is 0. The van der Waals surface area contributed by atoms with E-state index >= 15 is 0 Å². The Bertz CT molecular complexity index is 390. The second kappa shape index (κ2) is 5.40. The summed E-state index contributed by atoms with van der Waals surface area (Å²) in [6.45, 7) is 5.33. The molecule has 0 saturated heterocycles. The van der Waals surface area contributed by atoms with Gasteiger partial charge in [0.25, 0.3) is 0 Å². The van der Waals surface area contributed by atoms with E-state index in [0.29, 0.717) is 12.1 Å². The van der Waals surface area contributed by atoms with Crippen LogP contribution in [0.15, 0.2) is 22.7 Å². The number of nitrogens with two attached hydrogens (primary N) is 1. The van der Waals surface area contributed by atoms with Crippen LogP contribution in [0.3, 0.4) is 0 Å². The van der Waals surface area contributed by atoms with E-state index in [0.717, 1.165) is 19.4 Å². The molecule has 0 saturated carbocycles. The van der Waals surface area contributed by atoms with Gasteiger partial charge in [-0.05, 0) is 57.4 Å². The SMILES string of the molecule is CC(C)N1c2cccc(Br)c2CC1CCCN. The predicted octanol–water partition coefficient (Wildman–Crippen LogP) is 3.33. The highest BCUT2D eigenvalue weighted by Gasteiger charge is 2.31. The van der Waals surface area contributed by atoms with Crippen LogP contribution in [-0.2, 0) is 6.42 Å². The summed E-state index contributed by atoms with van der Waals surface area (Å²) in [6.07, 6.45) is 3.45. The number of benzene rings is 1. The largest absolute Gasteiger partial charge is 0.366 e. The van der Waals surface area contributed by atoms with Crippen LogP contribution in [0.1, 0.15) is 32.3 Å². The van der Waals surface area contributed by atoms with Crippen molar-refractivity contribution >= 4 is 21.6 Å². The molecule has 1 atom stereocenters. The first-order valence-corrected chi connectivity index (χ1v) is 7.20. The second-order valence-corrected chi connectivity index (χ2v) is 5.88. The molecule has 94 valence electrons. The zero-order chi connectivity index (χ0) is 12.4. The first kappa shape index (κ1) is 12.9. The quantitative estimate of drug-likeness (QED) is 0.923. The fourth-order valence-electron chi connectivity index (χ4n) is 2.82. The molecule has 0 radical (unpaired) electrons. The minimum absolute atomic E-state index is 0.549. The predicted molar refractivity (Wildman–Crippen MR) is 77.5 cm³/mol. The van der Waals surface area contributed by atoms with Gasteiger partial charge in [0.1, 0.15) is 0 Å². The molecule has 0 aromatic heterocycles. The van der Waals surface area contributed by atoms with E-state index in [1.165, 1.54) is 22.1 Å². The van der Waals surface area contributed by atoms with Crippen molar-refractivity contribution in [2.45, 2.75) is 45.2 Å². The molecule has 0 bridgehead atoms. The zero-order valence-electron chi connectivity index (χ0n) is 10.6. The lowest BCUT2D eigenvalue weighted by molar-refractivity contribution is 0.522. The topological polar surface area (TPSA) is 29.3 Å². The Labute approximate surface area is 112 Å². The van der Waals surface area contributed by atoms with Gasteiger partial charge in [-0.15, -0.1) is 0 Å². The molecule has 1 unspecified atom stereocenters. The summed E-state index contributed by atoms with van der Waals surface area (Å²) < 4.78 is 1.25. The maximum absolute atomic E-state index is 5.64. The van der Waals surface area contributed by atoms with Crippen molar-refractivity contribution < 1.29 is 0 Å². The number of halogens is 1. The molecular weight excluding hydrogens is 276 g/mol. The number of hydrogen-bond acceptors (Lipinski definition) is 2. The highest BCUT2D eigenvalue weighted by Crippen LogP contribution is 2.39. The van der Waals surface area contributed by atoms with Gasteiger partial charge in [-0.3, -0.25) is 0 Å². The minimum atomic E-state index is 0.549. The van der Waals surface area contributed by atoms with Crippen LogP contribution in [-0.4, -0.2) is 18.6 Å². The molecule has 2 rings (SSSR count). The molecule has 0 fully saturated rings. The first-order chi connectivity index (χ1) is 8.15. The van der Waals surface area contributed by atoms with Crippen molar-refractivity contribution in [2.75, 3.05) is 11.4 Å². The van der Waals surface area contributed by atoms with Crippen LogP contribution < -0.4 is 10.6 Å². The molecule has 1 heterocycles. The summed E-state index contributed by atoms with van der Waals surface area (Å²) in [5.41, 5.74) is 8.50. The van der Waals surface area contributed by atoms with Gasteiger partial charge >= 0.3 is 0 Å². The third kappa shape index (κ3) is 2.50. The van der Waals surface area contributed by atoms with Crippen molar-refractivity contribution in [1.29, 1.82) is 0 Å². The van der Waals surface area contributed by atoms with Crippen LogP contribution in [0.4, 0.5) is 5.69 Å². The molecular formula is C14H21BrN2. The maximum Gasteiger partial charge on any atom is 0.0415 e. The Balaban J connectivity index is 2.28. The lowest BCUT2D eigenvalue weighted by atomic mass is 10.1. The van der Waals surface area contributed by atoms with Crippen LogP contribution >= 0.6 is 15.9 Å². The van der Waals surface area contributed by atoms with E-state index in [-0.39, 0.29) is 0 Å². The summed E-state index contributed by atoms with van der Waals surface area (Å²) >= 11 is 3.67. The Morgan fingerprint density at radius 1 is 1.47 bits per heavy atom. The number of rotatable bonds is 4. The molecule has 0 spiro atoms. The third-order valence-electron chi connectivity index (χ3n) is 3.50. The van der Waals surface area contributed by atoms with Crippen LogP contribution in [0.5, 0.6) is 0 Å². The van der Waals surface area contributed by atoms with E-state index < -0.39 is 0 Å². The standard InChI is InChI=1S/C14H21BrN2/c1-10(2)17-11(5-4-8-16)9-12-13(15)6-3-7-14(12)17/h3,6-7,10-11H,4-5,8-9,16H2,1-2H3. The smallest absolute Gasteiger partial charge is 0.0415 e. The summed E-state index contributed by atoms with van der Waals surface area (Å²) in [6, 6.07) is 7.68. The number of nitrogens with zero attached hydrogens (tertiary/aromatic N) is 1. The highest BCUT2D eigenvalue weighted by molar-refractivity contribution is 9.10. The van der Waals surface area contributed by atoms with Gasteiger partial charge in [0, 0.05) is 22.2 Å². The molecule has 0 amide bonds. The summed E-state index contributed by atoms with van der Waals surface area (Å²) in [5.74, 6) is 0. The van der Waals surface area contributed by atoms with Gasteiger partial charge in [0.05, 0.1) is 0 Å². The second-order valence-electron chi connectivity index (χ2n) is 5.03. The van der Waals surface area contributed by atoms with E-state index in [2.05, 4.69) is 52.9 Å². The summed E-state index contributed by atoms with van der Waals surface area (Å²) in [4.78, 5) is 2.55. The summed E-state index contributed by atoms with van der Waals surface area (Å²) in [7, 11) is 0. The number of fused-ring (bicyclic) bond motifs is 1. The van der Waals surface area contributed by atoms with Crippen molar-refractivity contribution in [3.05, 3.63) is 28.2 Å². The number of anilines is 1. The van der Waals surface area contributed by atoms with Crippen LogP contribution in [0, 0.1) is 0 Å². The Hall–Kier alpha value is -0.540. The van der Waals surface area contributed by atoms with Gasteiger partial charge in [-0.25, -0.2) is 0 Å². The lowest BCUT2D eigenvalue weighted by Crippen LogP contribution is -2.38. The van der Waals surface area contributed by atoms with Crippen LogP contribution in [0.2, 0.25) is 0 Å². The molecule has 1 aromatic rings. The Morgan fingerprint density at radius 3 is 2.88 bits per heavy atom. The fraction of sp³-hybridized carbons (Fsp3) is 0.571. The van der Waals surface area contributed by atoms with Gasteiger partial charge in [0.15, 0.2) is 0 Å². The molecule has 2 N–H and O–H groups in total. The van der Waals surface area contributed by atoms with Gasteiger partial charge in [-0.2, -0.15) is 0 Å². The van der Waals surface area contributed by atoms with Gasteiger partial charge in [0.2, 0.25) is 0 Å². The normalized spacial score (nSPS) is 18.9. The Kier molecular flexibility index (Phi) is 4.10. The van der Waals surface area contributed by atoms with E-state index in [4.69, 9.17) is 5.73 Å². The molecule has 1 aliphatic heterocycles. The molecule has 3 heteroatoms. The lowest BCUT2D eigenvalue weighted by Gasteiger charge is -2.31. The van der Waals surface area contributed by atoms with Crippen molar-refractivity contribution in [3.8, 4) is 0 Å². The Morgan fingerprint density at radius 2 is 2.24 bits per heavy atom. The van der Waals surface area contributed by atoms with Crippen molar-refractivity contribution in [2.24, 2.45) is 5.73 Å². The molecule has 0 aliphatic carbocycles. The van der Waals surface area contributed by atoms with E-state index in [1.54, 1.807) is 0 Å². The van der Waals surface area contributed by atoms with Crippen LogP contribution in [0.25, 0.3) is 0 Å². The molecule has 17 heavy (non-hydrogen) atoms. The average Bonchev–Trinajstić information content (AvgIpc) is 2.66. The average molecular weight is 297 g/mol. The molecule has 2 nitrogen and oxygen atoms in total. The molecule has 1 aliphatic rings. The molecule has 1 aromatic carbocycles. The third-order valence-corrected chi connectivity index (χ3v) is 4.25. The van der Waals surface area contributed by atoms with E-state index in [1.807, 2.05) is 0 Å². The van der Waals surface area contributed by atoms with Crippen molar-refractivity contribution in [1.82, 2.24) is 0 Å². The van der Waals surface area contributed by atoms with Gasteiger partial charge in [-0.1, -0.05) is 22.0 Å². The van der Waals surface area contributed by atoms with E-state index in [9.17, 15) is 0 Å². The maximum atomic E-state index is 5.64. The van der Waals surface area contributed by atoms with Crippen molar-refractivity contribution in [3.63, 3.8) is 0 Å². The van der Waals surface area contributed by atoms with Gasteiger partial charge < -0.3 is 10.6 Å². The monoisotopic (exact) mass is 296 g/mol. The first-order valence-electron chi connectivity index (χ1n) is 6.41. The highest BCUT2D eigenvalue weighted by atomic mass is 79.9. The zero-order valence-corrected chi connectivity index (χ0v) is 12.2. The minimum Gasteiger partial charge on any atom is -0.366 e.